The first-order valence-corrected chi connectivity index (χ1v) is 7.87. The second kappa shape index (κ2) is 8.02. The predicted molar refractivity (Wildman–Crippen MR) is 84.4 cm³/mol. The molecule has 0 radical (unpaired) electrons. The molecular formula is C17H25N3O. The minimum absolute atomic E-state index is 0.600. The zero-order chi connectivity index (χ0) is 15.1. The fourth-order valence-electron chi connectivity index (χ4n) is 2.78. The fraction of sp³-hybridized carbons (Fsp3) is 0.588. The Morgan fingerprint density at radius 2 is 2.05 bits per heavy atom. The van der Waals surface area contributed by atoms with Gasteiger partial charge in [0.2, 0.25) is 0 Å². The van der Waals surface area contributed by atoms with Crippen LogP contribution >= 0.6 is 0 Å². The van der Waals surface area contributed by atoms with Gasteiger partial charge < -0.3 is 10.1 Å². The summed E-state index contributed by atoms with van der Waals surface area (Å²) < 4.78 is 5.80. The van der Waals surface area contributed by atoms with Gasteiger partial charge >= 0.3 is 0 Å². The number of piperazine rings is 1. The van der Waals surface area contributed by atoms with Crippen molar-refractivity contribution in [1.82, 2.24) is 10.2 Å². The molecule has 1 aliphatic heterocycles. The number of hydrogen-bond acceptors (Lipinski definition) is 4. The number of hydrogen-bond donors (Lipinski definition) is 1. The average molecular weight is 287 g/mol. The minimum atomic E-state index is 0.600. The number of ether oxygens (including phenoxy) is 1. The van der Waals surface area contributed by atoms with Crippen LogP contribution in [0.1, 0.15) is 32.3 Å². The molecular weight excluding hydrogens is 262 g/mol. The minimum Gasteiger partial charge on any atom is -0.492 e. The Labute approximate surface area is 127 Å². The van der Waals surface area contributed by atoms with Gasteiger partial charge in [0.15, 0.2) is 0 Å². The number of benzene rings is 1. The zero-order valence-corrected chi connectivity index (χ0v) is 13.0. The van der Waals surface area contributed by atoms with Gasteiger partial charge in [0.1, 0.15) is 12.4 Å². The molecule has 0 aliphatic carbocycles. The topological polar surface area (TPSA) is 48.3 Å². The van der Waals surface area contributed by atoms with Crippen LogP contribution in [0.25, 0.3) is 0 Å². The summed E-state index contributed by atoms with van der Waals surface area (Å²) in [7, 11) is 0. The van der Waals surface area contributed by atoms with Crippen molar-refractivity contribution in [2.24, 2.45) is 0 Å². The van der Waals surface area contributed by atoms with Gasteiger partial charge in [0.05, 0.1) is 11.6 Å². The highest BCUT2D eigenvalue weighted by Gasteiger charge is 2.25. The molecule has 1 fully saturated rings. The van der Waals surface area contributed by atoms with E-state index in [-0.39, 0.29) is 0 Å². The molecule has 0 bridgehead atoms. The molecule has 1 heterocycles. The number of nitriles is 1. The standard InChI is InChI=1S/C17H25N3O/c1-3-15-13-20(16(4-2)12-19-15)9-10-21-17-7-5-14(11-18)6-8-17/h5-8,15-16,19H,3-4,9-10,12-13H2,1-2H3. The summed E-state index contributed by atoms with van der Waals surface area (Å²) >= 11 is 0. The third kappa shape index (κ3) is 4.45. The van der Waals surface area contributed by atoms with Crippen LogP contribution in [0.15, 0.2) is 24.3 Å². The van der Waals surface area contributed by atoms with E-state index in [2.05, 4.69) is 30.1 Å². The van der Waals surface area contributed by atoms with E-state index < -0.39 is 0 Å². The summed E-state index contributed by atoms with van der Waals surface area (Å²) in [6.45, 7) is 8.30. The van der Waals surface area contributed by atoms with Crippen LogP contribution < -0.4 is 10.1 Å². The van der Waals surface area contributed by atoms with Crippen molar-refractivity contribution >= 4 is 0 Å². The second-order valence-corrected chi connectivity index (χ2v) is 5.56. The zero-order valence-electron chi connectivity index (χ0n) is 13.0. The summed E-state index contributed by atoms with van der Waals surface area (Å²) in [5.74, 6) is 0.837. The molecule has 0 saturated carbocycles. The van der Waals surface area contributed by atoms with Crippen LogP contribution in [0.5, 0.6) is 5.75 Å². The smallest absolute Gasteiger partial charge is 0.119 e. The molecule has 0 amide bonds. The van der Waals surface area contributed by atoms with Gasteiger partial charge in [-0.2, -0.15) is 5.26 Å². The highest BCUT2D eigenvalue weighted by Crippen LogP contribution is 2.14. The first-order valence-electron chi connectivity index (χ1n) is 7.87. The maximum absolute atomic E-state index is 8.78. The quantitative estimate of drug-likeness (QED) is 0.873. The van der Waals surface area contributed by atoms with Crippen molar-refractivity contribution in [3.63, 3.8) is 0 Å². The van der Waals surface area contributed by atoms with Crippen LogP contribution in [0, 0.1) is 11.3 Å². The molecule has 0 aromatic heterocycles. The lowest BCUT2D eigenvalue weighted by Crippen LogP contribution is -2.56. The highest BCUT2D eigenvalue weighted by molar-refractivity contribution is 5.34. The van der Waals surface area contributed by atoms with E-state index in [1.54, 1.807) is 12.1 Å². The van der Waals surface area contributed by atoms with Crippen LogP contribution in [0.3, 0.4) is 0 Å². The molecule has 1 saturated heterocycles. The van der Waals surface area contributed by atoms with Crippen LogP contribution in [-0.2, 0) is 0 Å². The van der Waals surface area contributed by atoms with Crippen LogP contribution in [0.2, 0.25) is 0 Å². The molecule has 1 N–H and O–H groups in total. The Hall–Kier alpha value is -1.57. The molecule has 4 heteroatoms. The van der Waals surface area contributed by atoms with E-state index >= 15 is 0 Å². The van der Waals surface area contributed by atoms with E-state index in [4.69, 9.17) is 10.00 Å². The van der Waals surface area contributed by atoms with Gasteiger partial charge in [0, 0.05) is 31.7 Å². The van der Waals surface area contributed by atoms with Crippen molar-refractivity contribution in [1.29, 1.82) is 5.26 Å². The number of rotatable bonds is 6. The molecule has 4 nitrogen and oxygen atoms in total. The van der Waals surface area contributed by atoms with Crippen molar-refractivity contribution in [2.75, 3.05) is 26.2 Å². The van der Waals surface area contributed by atoms with Gasteiger partial charge in [-0.25, -0.2) is 0 Å². The van der Waals surface area contributed by atoms with Gasteiger partial charge in [-0.05, 0) is 37.1 Å². The van der Waals surface area contributed by atoms with Crippen LogP contribution in [0.4, 0.5) is 0 Å². The third-order valence-corrected chi connectivity index (χ3v) is 4.21. The molecule has 21 heavy (non-hydrogen) atoms. The summed E-state index contributed by atoms with van der Waals surface area (Å²) in [5.41, 5.74) is 0.668. The molecule has 1 aliphatic rings. The van der Waals surface area contributed by atoms with Gasteiger partial charge in [-0.1, -0.05) is 13.8 Å². The molecule has 2 atom stereocenters. The normalized spacial score (nSPS) is 22.7. The van der Waals surface area contributed by atoms with E-state index in [0.717, 1.165) is 25.4 Å². The second-order valence-electron chi connectivity index (χ2n) is 5.56. The summed E-state index contributed by atoms with van der Waals surface area (Å²) in [6.07, 6.45) is 2.34. The van der Waals surface area contributed by atoms with E-state index in [1.165, 1.54) is 12.8 Å². The first kappa shape index (κ1) is 15.8. The Bertz CT molecular complexity index is 466. The lowest BCUT2D eigenvalue weighted by atomic mass is 10.1. The molecule has 2 rings (SSSR count). The summed E-state index contributed by atoms with van der Waals surface area (Å²) in [4.78, 5) is 2.54. The molecule has 1 aromatic carbocycles. The molecule has 2 unspecified atom stereocenters. The summed E-state index contributed by atoms with van der Waals surface area (Å²) in [6, 6.07) is 10.6. The number of nitrogens with zero attached hydrogens (tertiary/aromatic N) is 2. The van der Waals surface area contributed by atoms with Gasteiger partial charge in [0.25, 0.3) is 0 Å². The third-order valence-electron chi connectivity index (χ3n) is 4.21. The Balaban J connectivity index is 1.81. The molecule has 114 valence electrons. The first-order chi connectivity index (χ1) is 10.3. The molecule has 1 aromatic rings. The van der Waals surface area contributed by atoms with Crippen molar-refractivity contribution in [2.45, 2.75) is 38.8 Å². The Kier molecular flexibility index (Phi) is 6.04. The van der Waals surface area contributed by atoms with E-state index in [9.17, 15) is 0 Å². The van der Waals surface area contributed by atoms with E-state index in [1.807, 2.05) is 12.1 Å². The fourth-order valence-corrected chi connectivity index (χ4v) is 2.78. The maximum Gasteiger partial charge on any atom is 0.119 e. The van der Waals surface area contributed by atoms with Crippen molar-refractivity contribution in [3.8, 4) is 11.8 Å². The van der Waals surface area contributed by atoms with Crippen molar-refractivity contribution in [3.05, 3.63) is 29.8 Å². The number of nitrogens with one attached hydrogen (secondary N) is 1. The monoisotopic (exact) mass is 287 g/mol. The van der Waals surface area contributed by atoms with E-state index in [0.29, 0.717) is 24.3 Å². The van der Waals surface area contributed by atoms with Gasteiger partial charge in [-0.15, -0.1) is 0 Å². The van der Waals surface area contributed by atoms with Crippen LogP contribution in [-0.4, -0.2) is 43.2 Å². The Morgan fingerprint density at radius 3 is 2.67 bits per heavy atom. The average Bonchev–Trinajstić information content (AvgIpc) is 2.55. The SMILES string of the molecule is CCC1CN(CCOc2ccc(C#N)cc2)C(CC)CN1. The van der Waals surface area contributed by atoms with Crippen molar-refractivity contribution < 1.29 is 4.74 Å². The lowest BCUT2D eigenvalue weighted by molar-refractivity contribution is 0.105. The maximum atomic E-state index is 8.78. The van der Waals surface area contributed by atoms with Gasteiger partial charge in [-0.3, -0.25) is 4.90 Å². The largest absolute Gasteiger partial charge is 0.492 e. The lowest BCUT2D eigenvalue weighted by Gasteiger charge is -2.39. The molecule has 0 spiro atoms. The highest BCUT2D eigenvalue weighted by atomic mass is 16.5. The Morgan fingerprint density at radius 1 is 1.29 bits per heavy atom. The summed E-state index contributed by atoms with van der Waals surface area (Å²) in [5, 5.41) is 12.4. The predicted octanol–water partition coefficient (Wildman–Crippen LogP) is 2.40.